The van der Waals surface area contributed by atoms with Gasteiger partial charge in [-0.15, -0.1) is 0 Å². The number of ether oxygens (including phenoxy) is 2. The Labute approximate surface area is 157 Å². The topological polar surface area (TPSA) is 69.2 Å². The highest BCUT2D eigenvalue weighted by molar-refractivity contribution is 6.33. The van der Waals surface area contributed by atoms with Crippen molar-refractivity contribution in [1.82, 2.24) is 0 Å². The minimum absolute atomic E-state index is 0.226. The van der Waals surface area contributed by atoms with E-state index in [0.717, 1.165) is 12.0 Å². The zero-order valence-corrected chi connectivity index (χ0v) is 15.5. The molecule has 0 atom stereocenters. The molecule has 0 aromatic heterocycles. The second-order valence-electron chi connectivity index (χ2n) is 5.29. The second kappa shape index (κ2) is 10.3. The van der Waals surface area contributed by atoms with E-state index < -0.39 is 0 Å². The Morgan fingerprint density at radius 3 is 2.77 bits per heavy atom. The van der Waals surface area contributed by atoms with Crippen molar-refractivity contribution < 1.29 is 19.1 Å². The van der Waals surface area contributed by atoms with Crippen molar-refractivity contribution in [2.45, 2.75) is 13.3 Å². The molecule has 1 amide bonds. The molecule has 2 aromatic rings. The molecule has 0 aliphatic heterocycles. The smallest absolute Gasteiger partial charge is 0.265 e. The summed E-state index contributed by atoms with van der Waals surface area (Å²) < 4.78 is 10.9. The molecule has 0 saturated carbocycles. The normalized spacial score (nSPS) is 10.6. The molecule has 0 unspecified atom stereocenters. The SMILES string of the molecule is CCCOc1ccc(/C=N\OCC(=O)Nc2ccccc2Cl)cc1OC. The number of hydrogen-bond donors (Lipinski definition) is 1. The summed E-state index contributed by atoms with van der Waals surface area (Å²) in [4.78, 5) is 16.8. The van der Waals surface area contributed by atoms with E-state index in [1.54, 1.807) is 43.5 Å². The summed E-state index contributed by atoms with van der Waals surface area (Å²) in [6.07, 6.45) is 2.41. The molecule has 0 aliphatic rings. The number of amides is 1. The molecular weight excluding hydrogens is 356 g/mol. The summed E-state index contributed by atoms with van der Waals surface area (Å²) >= 11 is 5.98. The fourth-order valence-corrected chi connectivity index (χ4v) is 2.22. The van der Waals surface area contributed by atoms with Gasteiger partial charge in [-0.2, -0.15) is 0 Å². The number of nitrogens with one attached hydrogen (secondary N) is 1. The van der Waals surface area contributed by atoms with Crippen LogP contribution in [0.4, 0.5) is 5.69 Å². The first-order chi connectivity index (χ1) is 12.6. The minimum Gasteiger partial charge on any atom is -0.493 e. The summed E-state index contributed by atoms with van der Waals surface area (Å²) in [5.74, 6) is 0.932. The molecule has 0 bridgehead atoms. The Hall–Kier alpha value is -2.73. The van der Waals surface area contributed by atoms with Crippen LogP contribution in [-0.4, -0.2) is 32.4 Å². The monoisotopic (exact) mass is 376 g/mol. The fraction of sp³-hybridized carbons (Fsp3) is 0.263. The third kappa shape index (κ3) is 5.97. The molecular formula is C19H21ClN2O4. The van der Waals surface area contributed by atoms with Gasteiger partial charge in [-0.25, -0.2) is 0 Å². The van der Waals surface area contributed by atoms with E-state index in [2.05, 4.69) is 10.5 Å². The van der Waals surface area contributed by atoms with Crippen LogP contribution in [0.3, 0.4) is 0 Å². The summed E-state index contributed by atoms with van der Waals surface area (Å²) in [5.41, 5.74) is 1.29. The Balaban J connectivity index is 1.86. The Morgan fingerprint density at radius 1 is 1.23 bits per heavy atom. The molecule has 138 valence electrons. The quantitative estimate of drug-likeness (QED) is 0.527. The number of methoxy groups -OCH3 is 1. The fourth-order valence-electron chi connectivity index (χ4n) is 2.04. The third-order valence-electron chi connectivity index (χ3n) is 3.27. The van der Waals surface area contributed by atoms with Crippen LogP contribution < -0.4 is 14.8 Å². The number of halogens is 1. The molecule has 0 aliphatic carbocycles. The Morgan fingerprint density at radius 2 is 2.04 bits per heavy atom. The maximum Gasteiger partial charge on any atom is 0.265 e. The summed E-state index contributed by atoms with van der Waals surface area (Å²) in [6, 6.07) is 12.4. The number of hydrogen-bond acceptors (Lipinski definition) is 5. The predicted molar refractivity (Wildman–Crippen MR) is 102 cm³/mol. The van der Waals surface area contributed by atoms with Gasteiger partial charge in [-0.05, 0) is 36.8 Å². The van der Waals surface area contributed by atoms with Gasteiger partial charge in [0.2, 0.25) is 0 Å². The number of rotatable bonds is 9. The molecule has 6 nitrogen and oxygen atoms in total. The highest BCUT2D eigenvalue weighted by Gasteiger charge is 2.06. The van der Waals surface area contributed by atoms with Crippen molar-refractivity contribution in [3.63, 3.8) is 0 Å². The highest BCUT2D eigenvalue weighted by Crippen LogP contribution is 2.27. The van der Waals surface area contributed by atoms with Gasteiger partial charge < -0.3 is 19.6 Å². The molecule has 1 N–H and O–H groups in total. The van der Waals surface area contributed by atoms with Crippen LogP contribution in [0.5, 0.6) is 11.5 Å². The lowest BCUT2D eigenvalue weighted by molar-refractivity contribution is -0.120. The summed E-state index contributed by atoms with van der Waals surface area (Å²) in [7, 11) is 1.57. The number of anilines is 1. The van der Waals surface area contributed by atoms with Gasteiger partial charge in [0.05, 0.1) is 30.6 Å². The maximum atomic E-state index is 11.8. The van der Waals surface area contributed by atoms with Gasteiger partial charge in [-0.3, -0.25) is 4.79 Å². The minimum atomic E-state index is -0.351. The van der Waals surface area contributed by atoms with E-state index in [4.69, 9.17) is 25.9 Å². The molecule has 0 saturated heterocycles. The first-order valence-electron chi connectivity index (χ1n) is 8.14. The van der Waals surface area contributed by atoms with Crippen molar-refractivity contribution in [2.24, 2.45) is 5.16 Å². The van der Waals surface area contributed by atoms with Gasteiger partial charge in [0.15, 0.2) is 18.1 Å². The van der Waals surface area contributed by atoms with E-state index in [-0.39, 0.29) is 12.5 Å². The summed E-state index contributed by atoms with van der Waals surface area (Å²) in [5, 5.41) is 6.91. The number of para-hydroxylation sites is 1. The van der Waals surface area contributed by atoms with Crippen molar-refractivity contribution >= 4 is 29.4 Å². The van der Waals surface area contributed by atoms with Crippen LogP contribution in [0, 0.1) is 0 Å². The van der Waals surface area contributed by atoms with Gasteiger partial charge in [0.25, 0.3) is 5.91 Å². The van der Waals surface area contributed by atoms with E-state index in [9.17, 15) is 4.79 Å². The van der Waals surface area contributed by atoms with Crippen LogP contribution in [0.1, 0.15) is 18.9 Å². The van der Waals surface area contributed by atoms with Crippen LogP contribution in [0.25, 0.3) is 0 Å². The van der Waals surface area contributed by atoms with Crippen molar-refractivity contribution in [3.8, 4) is 11.5 Å². The van der Waals surface area contributed by atoms with Crippen molar-refractivity contribution in [3.05, 3.63) is 53.1 Å². The van der Waals surface area contributed by atoms with Gasteiger partial charge in [0, 0.05) is 5.56 Å². The first-order valence-corrected chi connectivity index (χ1v) is 8.52. The average Bonchev–Trinajstić information content (AvgIpc) is 2.65. The van der Waals surface area contributed by atoms with Gasteiger partial charge in [-0.1, -0.05) is 35.8 Å². The molecule has 7 heteroatoms. The number of oxime groups is 1. The van der Waals surface area contributed by atoms with Crippen LogP contribution >= 0.6 is 11.6 Å². The number of nitrogens with zero attached hydrogens (tertiary/aromatic N) is 1. The molecule has 2 rings (SSSR count). The first kappa shape index (κ1) is 19.6. The molecule has 0 heterocycles. The van der Waals surface area contributed by atoms with Crippen LogP contribution in [-0.2, 0) is 9.63 Å². The largest absolute Gasteiger partial charge is 0.493 e. The lowest BCUT2D eigenvalue weighted by Gasteiger charge is -2.10. The van der Waals surface area contributed by atoms with Crippen LogP contribution in [0.2, 0.25) is 5.02 Å². The number of benzene rings is 2. The molecule has 2 aromatic carbocycles. The number of carbonyl (C=O) groups is 1. The van der Waals surface area contributed by atoms with E-state index in [0.29, 0.717) is 28.8 Å². The van der Waals surface area contributed by atoms with Gasteiger partial charge in [0.1, 0.15) is 0 Å². The van der Waals surface area contributed by atoms with E-state index in [1.807, 2.05) is 13.0 Å². The molecule has 0 fully saturated rings. The number of carbonyl (C=O) groups excluding carboxylic acids is 1. The zero-order valence-electron chi connectivity index (χ0n) is 14.7. The lowest BCUT2D eigenvalue weighted by atomic mass is 10.2. The van der Waals surface area contributed by atoms with Crippen molar-refractivity contribution in [2.75, 3.05) is 25.6 Å². The lowest BCUT2D eigenvalue weighted by Crippen LogP contribution is -2.17. The molecule has 26 heavy (non-hydrogen) atoms. The Bertz CT molecular complexity index is 765. The van der Waals surface area contributed by atoms with E-state index >= 15 is 0 Å². The molecule has 0 radical (unpaired) electrons. The standard InChI is InChI=1S/C19H21ClN2O4/c1-3-10-25-17-9-8-14(11-18(17)24-2)12-21-26-13-19(23)22-16-7-5-4-6-15(16)20/h4-9,11-12H,3,10,13H2,1-2H3,(H,22,23)/b21-12-. The maximum absolute atomic E-state index is 11.8. The highest BCUT2D eigenvalue weighted by atomic mass is 35.5. The van der Waals surface area contributed by atoms with Crippen LogP contribution in [0.15, 0.2) is 47.6 Å². The Kier molecular flexibility index (Phi) is 7.76. The third-order valence-corrected chi connectivity index (χ3v) is 3.60. The predicted octanol–water partition coefficient (Wildman–Crippen LogP) is 4.13. The average molecular weight is 377 g/mol. The summed E-state index contributed by atoms with van der Waals surface area (Å²) in [6.45, 7) is 2.43. The second-order valence-corrected chi connectivity index (χ2v) is 5.70. The zero-order chi connectivity index (χ0) is 18.8. The van der Waals surface area contributed by atoms with E-state index in [1.165, 1.54) is 6.21 Å². The van der Waals surface area contributed by atoms with Crippen molar-refractivity contribution in [1.29, 1.82) is 0 Å². The molecule has 0 spiro atoms. The van der Waals surface area contributed by atoms with Gasteiger partial charge >= 0.3 is 0 Å².